The number of hydrogen-bond acceptors (Lipinski definition) is 3. The van der Waals surface area contributed by atoms with Crippen LogP contribution in [0.25, 0.3) is 0 Å². The molecule has 1 atom stereocenters. The van der Waals surface area contributed by atoms with E-state index in [-0.39, 0.29) is 0 Å². The van der Waals surface area contributed by atoms with Crippen molar-refractivity contribution in [3.05, 3.63) is 65.2 Å². The first-order chi connectivity index (χ1) is 10.3. The minimum absolute atomic E-state index is 0.611. The van der Waals surface area contributed by atoms with Crippen LogP contribution in [0.1, 0.15) is 23.1 Å². The molecule has 2 aromatic rings. The Labute approximate surface area is 125 Å². The summed E-state index contributed by atoms with van der Waals surface area (Å²) >= 11 is 0. The van der Waals surface area contributed by atoms with Crippen LogP contribution in [-0.2, 0) is 18.5 Å². The maximum atomic E-state index is 9.75. The lowest BCUT2D eigenvalue weighted by molar-refractivity contribution is 0.404. The van der Waals surface area contributed by atoms with Gasteiger partial charge in [0.2, 0.25) is 0 Å². The van der Waals surface area contributed by atoms with Gasteiger partial charge in [-0.3, -0.25) is 5.32 Å². The van der Waals surface area contributed by atoms with Gasteiger partial charge < -0.3 is 4.74 Å². The van der Waals surface area contributed by atoms with Gasteiger partial charge in [0.15, 0.2) is 0 Å². The van der Waals surface area contributed by atoms with E-state index in [9.17, 15) is 5.26 Å². The molecule has 1 aliphatic rings. The number of fused-ring (bicyclic) bond motifs is 1. The Balaban J connectivity index is 1.88. The molecule has 1 N–H and O–H groups in total. The van der Waals surface area contributed by atoms with Crippen molar-refractivity contribution in [3.8, 4) is 11.8 Å². The maximum absolute atomic E-state index is 9.75. The quantitative estimate of drug-likeness (QED) is 0.934. The maximum Gasteiger partial charge on any atom is 0.133 e. The first-order valence-corrected chi connectivity index (χ1v) is 7.15. The summed E-state index contributed by atoms with van der Waals surface area (Å²) in [7, 11) is 1.65. The van der Waals surface area contributed by atoms with Gasteiger partial charge in [-0.15, -0.1) is 0 Å². The molecule has 21 heavy (non-hydrogen) atoms. The summed E-state index contributed by atoms with van der Waals surface area (Å²) in [5.74, 6) is 0.803. The van der Waals surface area contributed by atoms with E-state index in [2.05, 4.69) is 29.6 Å². The lowest BCUT2D eigenvalue weighted by atomic mass is 9.93. The van der Waals surface area contributed by atoms with Crippen molar-refractivity contribution in [1.29, 1.82) is 5.26 Å². The fourth-order valence-electron chi connectivity index (χ4n) is 2.94. The molecule has 106 valence electrons. The zero-order chi connectivity index (χ0) is 14.7. The molecule has 0 saturated carbocycles. The molecule has 0 aliphatic heterocycles. The minimum atomic E-state index is -0.611. The lowest BCUT2D eigenvalue weighted by Gasteiger charge is -2.24. The molecule has 0 aromatic heterocycles. The molecule has 1 unspecified atom stereocenters. The monoisotopic (exact) mass is 278 g/mol. The highest BCUT2D eigenvalue weighted by Gasteiger charge is 2.38. The van der Waals surface area contributed by atoms with Crippen molar-refractivity contribution < 1.29 is 4.74 Å². The second-order valence-electron chi connectivity index (χ2n) is 5.38. The summed E-state index contributed by atoms with van der Waals surface area (Å²) in [6.45, 7) is 0.686. The Bertz CT molecular complexity index is 675. The fraction of sp³-hybridized carbons (Fsp3) is 0.278. The smallest absolute Gasteiger partial charge is 0.133 e. The normalized spacial score (nSPS) is 19.8. The van der Waals surface area contributed by atoms with Crippen LogP contribution in [-0.4, -0.2) is 7.11 Å². The van der Waals surface area contributed by atoms with Crippen molar-refractivity contribution >= 4 is 0 Å². The van der Waals surface area contributed by atoms with Gasteiger partial charge in [0.1, 0.15) is 11.3 Å². The van der Waals surface area contributed by atoms with Crippen molar-refractivity contribution in [2.75, 3.05) is 7.11 Å². The number of nitriles is 1. The molecule has 0 amide bonds. The highest BCUT2D eigenvalue weighted by Crippen LogP contribution is 2.38. The van der Waals surface area contributed by atoms with E-state index >= 15 is 0 Å². The van der Waals surface area contributed by atoms with Crippen LogP contribution in [0.2, 0.25) is 0 Å². The average molecular weight is 278 g/mol. The number of methoxy groups -OCH3 is 1. The third kappa shape index (κ3) is 2.51. The first-order valence-electron chi connectivity index (χ1n) is 7.15. The Kier molecular flexibility index (Phi) is 3.64. The van der Waals surface area contributed by atoms with Crippen LogP contribution in [0.3, 0.4) is 0 Å². The molecule has 3 nitrogen and oxygen atoms in total. The highest BCUT2D eigenvalue weighted by atomic mass is 16.5. The largest absolute Gasteiger partial charge is 0.497 e. The molecule has 3 rings (SSSR count). The Morgan fingerprint density at radius 3 is 2.76 bits per heavy atom. The van der Waals surface area contributed by atoms with E-state index in [0.29, 0.717) is 6.54 Å². The molecule has 0 bridgehead atoms. The number of nitrogens with one attached hydrogen (secondary N) is 1. The van der Waals surface area contributed by atoms with Crippen LogP contribution < -0.4 is 10.1 Å². The standard InChI is InChI=1S/C18H18N2O/c1-21-16-8-7-15-9-10-18(13-19,17(15)11-16)20-12-14-5-3-2-4-6-14/h2-8,11,20H,9-10,12H2,1H3. The topological polar surface area (TPSA) is 45.0 Å². The van der Waals surface area contributed by atoms with E-state index in [4.69, 9.17) is 4.74 Å². The average Bonchev–Trinajstić information content (AvgIpc) is 2.92. The Hall–Kier alpha value is -2.31. The summed E-state index contributed by atoms with van der Waals surface area (Å²) < 4.78 is 5.30. The number of hydrogen-bond donors (Lipinski definition) is 1. The molecule has 1 aliphatic carbocycles. The number of aryl methyl sites for hydroxylation is 1. The molecule has 2 aromatic carbocycles. The van der Waals surface area contributed by atoms with Gasteiger partial charge in [-0.25, -0.2) is 0 Å². The van der Waals surface area contributed by atoms with E-state index in [1.807, 2.05) is 30.3 Å². The third-order valence-electron chi connectivity index (χ3n) is 4.17. The second-order valence-corrected chi connectivity index (χ2v) is 5.38. The van der Waals surface area contributed by atoms with Gasteiger partial charge >= 0.3 is 0 Å². The second kappa shape index (κ2) is 5.59. The van der Waals surface area contributed by atoms with Crippen molar-refractivity contribution in [2.24, 2.45) is 0 Å². The molecule has 0 fully saturated rings. The molecular weight excluding hydrogens is 260 g/mol. The number of ether oxygens (including phenoxy) is 1. The summed E-state index contributed by atoms with van der Waals surface area (Å²) in [6, 6.07) is 18.7. The van der Waals surface area contributed by atoms with Crippen LogP contribution in [0.4, 0.5) is 0 Å². The van der Waals surface area contributed by atoms with Gasteiger partial charge in [-0.2, -0.15) is 5.26 Å². The molecular formula is C18H18N2O. The minimum Gasteiger partial charge on any atom is -0.497 e. The fourth-order valence-corrected chi connectivity index (χ4v) is 2.94. The van der Waals surface area contributed by atoms with Crippen molar-refractivity contribution in [2.45, 2.75) is 24.9 Å². The zero-order valence-corrected chi connectivity index (χ0v) is 12.1. The van der Waals surface area contributed by atoms with Crippen molar-refractivity contribution in [3.63, 3.8) is 0 Å². The number of benzene rings is 2. The Morgan fingerprint density at radius 1 is 1.24 bits per heavy atom. The summed E-state index contributed by atoms with van der Waals surface area (Å²) in [4.78, 5) is 0. The predicted octanol–water partition coefficient (Wildman–Crippen LogP) is 3.15. The van der Waals surface area contributed by atoms with Gasteiger partial charge in [-0.1, -0.05) is 36.4 Å². The molecule has 3 heteroatoms. The lowest BCUT2D eigenvalue weighted by Crippen LogP contribution is -2.38. The van der Waals surface area contributed by atoms with E-state index in [0.717, 1.165) is 24.2 Å². The predicted molar refractivity (Wildman–Crippen MR) is 81.9 cm³/mol. The number of nitrogens with zero attached hydrogens (tertiary/aromatic N) is 1. The Morgan fingerprint density at radius 2 is 2.05 bits per heavy atom. The van der Waals surface area contributed by atoms with Crippen LogP contribution in [0, 0.1) is 11.3 Å². The molecule has 0 heterocycles. The van der Waals surface area contributed by atoms with Crippen LogP contribution in [0.15, 0.2) is 48.5 Å². The van der Waals surface area contributed by atoms with Gasteiger partial charge in [-0.05, 0) is 41.7 Å². The highest BCUT2D eigenvalue weighted by molar-refractivity contribution is 5.47. The summed E-state index contributed by atoms with van der Waals surface area (Å²) in [5, 5.41) is 13.2. The van der Waals surface area contributed by atoms with E-state index < -0.39 is 5.54 Å². The van der Waals surface area contributed by atoms with E-state index in [1.54, 1.807) is 7.11 Å². The zero-order valence-electron chi connectivity index (χ0n) is 12.1. The van der Waals surface area contributed by atoms with Crippen LogP contribution in [0.5, 0.6) is 5.75 Å². The molecule has 0 saturated heterocycles. The van der Waals surface area contributed by atoms with E-state index in [1.165, 1.54) is 11.1 Å². The van der Waals surface area contributed by atoms with Crippen LogP contribution >= 0.6 is 0 Å². The van der Waals surface area contributed by atoms with Gasteiger partial charge in [0.05, 0.1) is 13.2 Å². The molecule has 0 radical (unpaired) electrons. The SMILES string of the molecule is COc1ccc2c(c1)C(C#N)(NCc1ccccc1)CC2. The van der Waals surface area contributed by atoms with Crippen molar-refractivity contribution in [1.82, 2.24) is 5.32 Å². The summed E-state index contributed by atoms with van der Waals surface area (Å²) in [6.07, 6.45) is 1.73. The third-order valence-corrected chi connectivity index (χ3v) is 4.17. The number of rotatable bonds is 4. The molecule has 0 spiro atoms. The van der Waals surface area contributed by atoms with Gasteiger partial charge in [0.25, 0.3) is 0 Å². The van der Waals surface area contributed by atoms with Gasteiger partial charge in [0, 0.05) is 6.54 Å². The summed E-state index contributed by atoms with van der Waals surface area (Å²) in [5.41, 5.74) is 2.86. The first kappa shape index (κ1) is 13.7.